The van der Waals surface area contributed by atoms with Gasteiger partial charge in [0.1, 0.15) is 0 Å². The Morgan fingerprint density at radius 3 is 1.46 bits per heavy atom. The van der Waals surface area contributed by atoms with Gasteiger partial charge in [-0.05, 0) is 65.7 Å². The zero-order chi connectivity index (χ0) is 42.1. The van der Waals surface area contributed by atoms with Crippen molar-refractivity contribution >= 4 is 21.8 Å². The first kappa shape index (κ1) is 37.2. The molecule has 11 rings (SSSR count). The van der Waals surface area contributed by atoms with E-state index >= 15 is 0 Å². The van der Waals surface area contributed by atoms with Crippen LogP contribution in [-0.2, 0) is 0 Å². The highest BCUT2D eigenvalue weighted by molar-refractivity contribution is 6.11. The Hall–Kier alpha value is -8.86. The molecule has 0 unspecified atom stereocenters. The molecule has 0 bridgehead atoms. The number of nitriles is 1. The van der Waals surface area contributed by atoms with Crippen LogP contribution in [0.15, 0.2) is 212 Å². The first-order valence-electron chi connectivity index (χ1n) is 20.7. The summed E-state index contributed by atoms with van der Waals surface area (Å²) in [7, 11) is 0. The van der Waals surface area contributed by atoms with Gasteiger partial charge < -0.3 is 4.57 Å². The van der Waals surface area contributed by atoms with Gasteiger partial charge in [0.2, 0.25) is 0 Å². The topological polar surface area (TPSA) is 93.2 Å². The van der Waals surface area contributed by atoms with Crippen LogP contribution in [0.25, 0.3) is 107 Å². The van der Waals surface area contributed by atoms with Gasteiger partial charge in [-0.1, -0.05) is 158 Å². The van der Waals surface area contributed by atoms with Crippen LogP contribution < -0.4 is 0 Å². The third kappa shape index (κ3) is 7.08. The minimum absolute atomic E-state index is 0.544. The SMILES string of the molecule is N#Cc1cccc(-c2ccc3c(c2)c2ccccc2n3-c2ccc(-c3nc(-c4ccccc4)nc(-c4ccccc4)n3)cc2-c2cc(-c3ccccc3)nc(-c3ccccc3)n2)c1. The molecule has 63 heavy (non-hydrogen) atoms. The van der Waals surface area contributed by atoms with Gasteiger partial charge >= 0.3 is 0 Å². The van der Waals surface area contributed by atoms with Crippen molar-refractivity contribution < 1.29 is 0 Å². The predicted octanol–water partition coefficient (Wildman–Crippen LogP) is 13.3. The largest absolute Gasteiger partial charge is 0.309 e. The van der Waals surface area contributed by atoms with E-state index in [1.54, 1.807) is 0 Å². The molecule has 7 nitrogen and oxygen atoms in total. The zero-order valence-electron chi connectivity index (χ0n) is 33.8. The number of fused-ring (bicyclic) bond motifs is 3. The van der Waals surface area contributed by atoms with Gasteiger partial charge in [0.05, 0.1) is 39.7 Å². The van der Waals surface area contributed by atoms with Crippen molar-refractivity contribution in [2.75, 3.05) is 0 Å². The number of hydrogen-bond acceptors (Lipinski definition) is 6. The lowest BCUT2D eigenvalue weighted by Gasteiger charge is -2.17. The average Bonchev–Trinajstić information content (AvgIpc) is 3.70. The lowest BCUT2D eigenvalue weighted by molar-refractivity contribution is 1.07. The fourth-order valence-electron chi connectivity index (χ4n) is 8.25. The highest BCUT2D eigenvalue weighted by atomic mass is 15.0. The van der Waals surface area contributed by atoms with Gasteiger partial charge in [0, 0.05) is 44.2 Å². The Balaban J connectivity index is 1.19. The molecule has 0 aliphatic heterocycles. The van der Waals surface area contributed by atoms with Gasteiger partial charge in [0.25, 0.3) is 0 Å². The average molecular weight is 806 g/mol. The number of hydrogen-bond donors (Lipinski definition) is 0. The summed E-state index contributed by atoms with van der Waals surface area (Å²) in [6.45, 7) is 0. The minimum atomic E-state index is 0.544. The van der Waals surface area contributed by atoms with Gasteiger partial charge in [-0.3, -0.25) is 0 Å². The van der Waals surface area contributed by atoms with Crippen molar-refractivity contribution in [3.05, 3.63) is 218 Å². The number of rotatable bonds is 8. The maximum absolute atomic E-state index is 9.69. The minimum Gasteiger partial charge on any atom is -0.309 e. The van der Waals surface area contributed by atoms with Crippen molar-refractivity contribution in [2.24, 2.45) is 0 Å². The summed E-state index contributed by atoms with van der Waals surface area (Å²) in [5, 5.41) is 11.9. The van der Waals surface area contributed by atoms with Crippen molar-refractivity contribution in [1.82, 2.24) is 29.5 Å². The predicted molar refractivity (Wildman–Crippen MR) is 253 cm³/mol. The summed E-state index contributed by atoms with van der Waals surface area (Å²) in [6.07, 6.45) is 0. The van der Waals surface area contributed by atoms with Crippen molar-refractivity contribution in [3.63, 3.8) is 0 Å². The van der Waals surface area contributed by atoms with E-state index in [0.29, 0.717) is 28.9 Å². The number of para-hydroxylation sites is 1. The maximum atomic E-state index is 9.69. The Bertz CT molecular complexity index is 3390. The van der Waals surface area contributed by atoms with Crippen LogP contribution in [0, 0.1) is 11.3 Å². The summed E-state index contributed by atoms with van der Waals surface area (Å²) in [5.41, 5.74) is 12.6. The summed E-state index contributed by atoms with van der Waals surface area (Å²) >= 11 is 0. The van der Waals surface area contributed by atoms with Crippen LogP contribution in [0.3, 0.4) is 0 Å². The molecular weight excluding hydrogens is 771 g/mol. The van der Waals surface area contributed by atoms with Gasteiger partial charge in [-0.2, -0.15) is 5.26 Å². The van der Waals surface area contributed by atoms with E-state index < -0.39 is 0 Å². The molecule has 11 aromatic rings. The summed E-state index contributed by atoms with van der Waals surface area (Å²) in [5.74, 6) is 2.34. The smallest absolute Gasteiger partial charge is 0.164 e. The fourth-order valence-corrected chi connectivity index (χ4v) is 8.25. The molecule has 8 aromatic carbocycles. The first-order chi connectivity index (χ1) is 31.2. The molecule has 0 saturated heterocycles. The number of benzene rings is 8. The second kappa shape index (κ2) is 16.0. The van der Waals surface area contributed by atoms with Crippen LogP contribution in [0.2, 0.25) is 0 Å². The second-order valence-electron chi connectivity index (χ2n) is 15.2. The number of nitrogens with zero attached hydrogens (tertiary/aromatic N) is 7. The van der Waals surface area contributed by atoms with Crippen LogP contribution in [0.4, 0.5) is 0 Å². The van der Waals surface area contributed by atoms with E-state index in [-0.39, 0.29) is 0 Å². The Morgan fingerprint density at radius 2 is 0.825 bits per heavy atom. The normalized spacial score (nSPS) is 11.2. The summed E-state index contributed by atoms with van der Waals surface area (Å²) in [4.78, 5) is 25.7. The van der Waals surface area contributed by atoms with Gasteiger partial charge in [-0.15, -0.1) is 0 Å². The molecule has 3 aromatic heterocycles. The van der Waals surface area contributed by atoms with E-state index in [1.165, 1.54) is 0 Å². The lowest BCUT2D eigenvalue weighted by atomic mass is 10.0. The molecule has 0 spiro atoms. The van der Waals surface area contributed by atoms with E-state index in [9.17, 15) is 5.26 Å². The van der Waals surface area contributed by atoms with Crippen LogP contribution >= 0.6 is 0 Å². The van der Waals surface area contributed by atoms with Crippen molar-refractivity contribution in [2.45, 2.75) is 0 Å². The Labute approximate surface area is 364 Å². The zero-order valence-corrected chi connectivity index (χ0v) is 33.8. The third-order valence-electron chi connectivity index (χ3n) is 11.3. The quantitative estimate of drug-likeness (QED) is 0.152. The van der Waals surface area contributed by atoms with E-state index in [1.807, 2.05) is 127 Å². The highest BCUT2D eigenvalue weighted by Gasteiger charge is 2.21. The van der Waals surface area contributed by atoms with E-state index in [2.05, 4.69) is 95.6 Å². The molecular formula is C56H35N7. The Morgan fingerprint density at radius 1 is 0.333 bits per heavy atom. The van der Waals surface area contributed by atoms with Crippen molar-refractivity contribution in [3.8, 4) is 90.9 Å². The standard InChI is InChI=1S/C56H35N7/c57-36-37-16-15-25-42(32-37)43-28-30-51-46(33-43)45-26-13-14-27-50(45)63(51)52-31-29-44(56-61-54(40-21-9-3-10-22-40)60-55(62-56)41-23-11-4-12-24-41)34-47(52)49-35-48(38-17-5-1-6-18-38)58-53(59-49)39-19-7-2-8-20-39/h1-35H. The molecule has 0 saturated carbocycles. The monoisotopic (exact) mass is 805 g/mol. The molecule has 0 aliphatic rings. The maximum Gasteiger partial charge on any atom is 0.164 e. The lowest BCUT2D eigenvalue weighted by Crippen LogP contribution is -2.03. The fraction of sp³-hybridized carbons (Fsp3) is 0. The van der Waals surface area contributed by atoms with Gasteiger partial charge in [-0.25, -0.2) is 24.9 Å². The highest BCUT2D eigenvalue weighted by Crippen LogP contribution is 2.40. The van der Waals surface area contributed by atoms with Crippen molar-refractivity contribution in [1.29, 1.82) is 5.26 Å². The molecule has 0 atom stereocenters. The van der Waals surface area contributed by atoms with Crippen LogP contribution in [0.5, 0.6) is 0 Å². The molecule has 294 valence electrons. The molecule has 0 aliphatic carbocycles. The first-order valence-corrected chi connectivity index (χ1v) is 20.7. The molecule has 3 heterocycles. The van der Waals surface area contributed by atoms with Crippen LogP contribution in [-0.4, -0.2) is 29.5 Å². The van der Waals surface area contributed by atoms with Gasteiger partial charge in [0.15, 0.2) is 23.3 Å². The number of aromatic nitrogens is 6. The molecule has 0 amide bonds. The van der Waals surface area contributed by atoms with E-state index in [0.717, 1.165) is 83.4 Å². The summed E-state index contributed by atoms with van der Waals surface area (Å²) in [6, 6.07) is 74.0. The molecule has 0 radical (unpaired) electrons. The molecule has 0 N–H and O–H groups in total. The second-order valence-corrected chi connectivity index (χ2v) is 15.2. The Kier molecular flexibility index (Phi) is 9.41. The molecule has 0 fully saturated rings. The molecule has 7 heteroatoms. The third-order valence-corrected chi connectivity index (χ3v) is 11.3. The van der Waals surface area contributed by atoms with Crippen LogP contribution in [0.1, 0.15) is 5.56 Å². The van der Waals surface area contributed by atoms with E-state index in [4.69, 9.17) is 24.9 Å². The summed E-state index contributed by atoms with van der Waals surface area (Å²) < 4.78 is 2.32.